The van der Waals surface area contributed by atoms with Gasteiger partial charge in [-0.3, -0.25) is 0 Å². The zero-order chi connectivity index (χ0) is 17.3. The van der Waals surface area contributed by atoms with E-state index in [9.17, 15) is 0 Å². The first-order valence-electron chi connectivity index (χ1n) is 7.75. The van der Waals surface area contributed by atoms with Crippen molar-refractivity contribution in [2.45, 2.75) is 26.2 Å². The Labute approximate surface area is 141 Å². The molecule has 0 aliphatic heterocycles. The molecule has 0 saturated carbocycles. The van der Waals surface area contributed by atoms with Gasteiger partial charge in [0.2, 0.25) is 11.8 Å². The molecule has 0 fully saturated rings. The summed E-state index contributed by atoms with van der Waals surface area (Å²) >= 11 is 0. The van der Waals surface area contributed by atoms with E-state index >= 15 is 0 Å². The van der Waals surface area contributed by atoms with Gasteiger partial charge in [0.05, 0.1) is 0 Å². The van der Waals surface area contributed by atoms with Gasteiger partial charge >= 0.3 is 7.12 Å². The van der Waals surface area contributed by atoms with Crippen LogP contribution in [0.25, 0.3) is 22.9 Å². The highest BCUT2D eigenvalue weighted by Crippen LogP contribution is 2.27. The van der Waals surface area contributed by atoms with Gasteiger partial charge in [-0.1, -0.05) is 45.0 Å². The van der Waals surface area contributed by atoms with E-state index in [1.807, 2.05) is 12.1 Å². The lowest BCUT2D eigenvalue weighted by atomic mass is 9.80. The van der Waals surface area contributed by atoms with Crippen LogP contribution in [0.3, 0.4) is 0 Å². The van der Waals surface area contributed by atoms with Crippen molar-refractivity contribution >= 4 is 12.6 Å². The lowest BCUT2D eigenvalue weighted by molar-refractivity contribution is 0.426. The predicted octanol–water partition coefficient (Wildman–Crippen LogP) is 2.38. The minimum absolute atomic E-state index is 0.0948. The Balaban J connectivity index is 1.85. The van der Waals surface area contributed by atoms with Crippen LogP contribution in [0.5, 0.6) is 0 Å². The number of hydrogen-bond acceptors (Lipinski definition) is 5. The van der Waals surface area contributed by atoms with E-state index in [0.717, 1.165) is 11.1 Å². The van der Waals surface area contributed by atoms with Crippen LogP contribution in [-0.2, 0) is 5.41 Å². The summed E-state index contributed by atoms with van der Waals surface area (Å²) in [6, 6.07) is 14.7. The topological polar surface area (TPSA) is 79.4 Å². The fraction of sp³-hybridized carbons (Fsp3) is 0.222. The van der Waals surface area contributed by atoms with Crippen molar-refractivity contribution < 1.29 is 14.5 Å². The number of benzene rings is 2. The average molecular weight is 322 g/mol. The summed E-state index contributed by atoms with van der Waals surface area (Å²) in [5.41, 5.74) is 3.34. The maximum absolute atomic E-state index is 9.12. The molecule has 0 unspecified atom stereocenters. The summed E-state index contributed by atoms with van der Waals surface area (Å²) in [5, 5.41) is 26.4. The molecule has 0 saturated heterocycles. The van der Waals surface area contributed by atoms with Gasteiger partial charge in [-0.15, -0.1) is 10.2 Å². The van der Waals surface area contributed by atoms with Gasteiger partial charge in [0.1, 0.15) is 0 Å². The van der Waals surface area contributed by atoms with Crippen LogP contribution in [0.2, 0.25) is 0 Å². The Kier molecular flexibility index (Phi) is 4.26. The fourth-order valence-corrected chi connectivity index (χ4v) is 2.37. The number of nitrogens with zero attached hydrogens (tertiary/aromatic N) is 2. The van der Waals surface area contributed by atoms with Crippen LogP contribution in [0.1, 0.15) is 26.3 Å². The molecular formula is C18H19BN2O3. The van der Waals surface area contributed by atoms with Crippen molar-refractivity contribution in [2.75, 3.05) is 0 Å². The Hall–Kier alpha value is -2.44. The van der Waals surface area contributed by atoms with Crippen LogP contribution < -0.4 is 5.46 Å². The predicted molar refractivity (Wildman–Crippen MR) is 93.7 cm³/mol. The average Bonchev–Trinajstić information content (AvgIpc) is 3.04. The second kappa shape index (κ2) is 6.22. The molecule has 0 amide bonds. The van der Waals surface area contributed by atoms with Crippen molar-refractivity contribution in [3.63, 3.8) is 0 Å². The smallest absolute Gasteiger partial charge is 0.423 e. The number of hydrogen-bond donors (Lipinski definition) is 2. The standard InChI is InChI=1S/C18H19BN2O3/c1-18(2,3)14-8-4-12(5-9-14)16-20-21-17(24-16)13-6-10-15(11-7-13)19(22)23/h4-11,22-23H,1-3H3. The number of aromatic nitrogens is 2. The molecule has 24 heavy (non-hydrogen) atoms. The zero-order valence-electron chi connectivity index (χ0n) is 13.9. The molecule has 3 aromatic rings. The molecule has 0 atom stereocenters. The molecule has 0 radical (unpaired) electrons. The highest BCUT2D eigenvalue weighted by atomic mass is 16.4. The second-order valence-corrected chi connectivity index (χ2v) is 6.74. The minimum Gasteiger partial charge on any atom is -0.423 e. The van der Waals surface area contributed by atoms with Crippen molar-refractivity contribution in [2.24, 2.45) is 0 Å². The Morgan fingerprint density at radius 1 is 0.792 bits per heavy atom. The summed E-state index contributed by atoms with van der Waals surface area (Å²) in [6.45, 7) is 6.50. The van der Waals surface area contributed by atoms with E-state index in [1.165, 1.54) is 5.56 Å². The summed E-state index contributed by atoms with van der Waals surface area (Å²) in [6.07, 6.45) is 0. The van der Waals surface area contributed by atoms with Crippen LogP contribution in [0.15, 0.2) is 52.9 Å². The number of rotatable bonds is 3. The zero-order valence-corrected chi connectivity index (χ0v) is 13.9. The molecular weight excluding hydrogens is 303 g/mol. The molecule has 0 aliphatic rings. The van der Waals surface area contributed by atoms with Gasteiger partial charge in [0.15, 0.2) is 0 Å². The lowest BCUT2D eigenvalue weighted by Gasteiger charge is -2.18. The minimum atomic E-state index is -1.49. The van der Waals surface area contributed by atoms with Gasteiger partial charge in [-0.2, -0.15) is 0 Å². The molecule has 0 aliphatic carbocycles. The SMILES string of the molecule is CC(C)(C)c1ccc(-c2nnc(-c3ccc(B(O)O)cc3)o2)cc1. The summed E-state index contributed by atoms with van der Waals surface area (Å²) < 4.78 is 5.73. The Morgan fingerprint density at radius 2 is 1.25 bits per heavy atom. The first-order chi connectivity index (χ1) is 11.3. The van der Waals surface area contributed by atoms with Crippen LogP contribution in [0.4, 0.5) is 0 Å². The molecule has 3 rings (SSSR count). The largest absolute Gasteiger partial charge is 0.488 e. The lowest BCUT2D eigenvalue weighted by Crippen LogP contribution is -2.29. The molecule has 6 heteroatoms. The maximum atomic E-state index is 9.12. The van der Waals surface area contributed by atoms with Crippen molar-refractivity contribution in [1.82, 2.24) is 10.2 Å². The molecule has 0 bridgehead atoms. The quantitative estimate of drug-likeness (QED) is 0.724. The monoisotopic (exact) mass is 322 g/mol. The molecule has 1 aromatic heterocycles. The van der Waals surface area contributed by atoms with E-state index in [4.69, 9.17) is 14.5 Å². The third kappa shape index (κ3) is 3.40. The van der Waals surface area contributed by atoms with Gasteiger partial charge in [0.25, 0.3) is 0 Å². The Bertz CT molecular complexity index is 819. The first kappa shape index (κ1) is 16.4. The molecule has 2 N–H and O–H groups in total. The van der Waals surface area contributed by atoms with E-state index in [2.05, 4.69) is 43.1 Å². The van der Waals surface area contributed by atoms with Gasteiger partial charge in [0, 0.05) is 11.1 Å². The third-order valence-electron chi connectivity index (χ3n) is 3.88. The molecule has 1 heterocycles. The summed E-state index contributed by atoms with van der Waals surface area (Å²) in [7, 11) is -1.49. The fourth-order valence-electron chi connectivity index (χ4n) is 2.37. The highest BCUT2D eigenvalue weighted by molar-refractivity contribution is 6.58. The summed E-state index contributed by atoms with van der Waals surface area (Å²) in [5.74, 6) is 0.848. The van der Waals surface area contributed by atoms with Gasteiger partial charge < -0.3 is 14.5 Å². The highest BCUT2D eigenvalue weighted by Gasteiger charge is 2.16. The van der Waals surface area contributed by atoms with Crippen molar-refractivity contribution in [3.05, 3.63) is 54.1 Å². The Morgan fingerprint density at radius 3 is 1.67 bits per heavy atom. The molecule has 5 nitrogen and oxygen atoms in total. The van der Waals surface area contributed by atoms with E-state index in [-0.39, 0.29) is 5.41 Å². The molecule has 122 valence electrons. The molecule has 0 spiro atoms. The van der Waals surface area contributed by atoms with Crippen LogP contribution in [0, 0.1) is 0 Å². The summed E-state index contributed by atoms with van der Waals surface area (Å²) in [4.78, 5) is 0. The second-order valence-electron chi connectivity index (χ2n) is 6.74. The van der Waals surface area contributed by atoms with E-state index in [0.29, 0.717) is 17.2 Å². The third-order valence-corrected chi connectivity index (χ3v) is 3.88. The van der Waals surface area contributed by atoms with Crippen LogP contribution in [-0.4, -0.2) is 27.4 Å². The maximum Gasteiger partial charge on any atom is 0.488 e. The van der Waals surface area contributed by atoms with Gasteiger partial charge in [-0.25, -0.2) is 0 Å². The van der Waals surface area contributed by atoms with Gasteiger partial charge in [-0.05, 0) is 40.7 Å². The first-order valence-corrected chi connectivity index (χ1v) is 7.75. The van der Waals surface area contributed by atoms with E-state index < -0.39 is 7.12 Å². The van der Waals surface area contributed by atoms with Crippen molar-refractivity contribution in [3.8, 4) is 22.9 Å². The normalized spacial score (nSPS) is 11.5. The van der Waals surface area contributed by atoms with Crippen molar-refractivity contribution in [1.29, 1.82) is 0 Å². The molecule has 2 aromatic carbocycles. The van der Waals surface area contributed by atoms with Crippen LogP contribution >= 0.6 is 0 Å². The van der Waals surface area contributed by atoms with E-state index in [1.54, 1.807) is 24.3 Å².